The molecule has 2 saturated heterocycles. The highest BCUT2D eigenvalue weighted by atomic mass is 16.5. The molecule has 164 valence electrons. The second-order valence-corrected chi connectivity index (χ2v) is 8.48. The van der Waals surface area contributed by atoms with Crippen molar-refractivity contribution in [3.8, 4) is 17.2 Å². The van der Waals surface area contributed by atoms with Crippen molar-refractivity contribution >= 4 is 0 Å². The molecule has 1 atom stereocenters. The summed E-state index contributed by atoms with van der Waals surface area (Å²) in [4.78, 5) is 7.11. The van der Waals surface area contributed by atoms with Crippen LogP contribution in [0.5, 0.6) is 5.75 Å². The molecule has 2 aliphatic rings. The lowest BCUT2D eigenvalue weighted by atomic mass is 10.00. The third-order valence-corrected chi connectivity index (χ3v) is 6.40. The van der Waals surface area contributed by atoms with Gasteiger partial charge in [-0.3, -0.25) is 9.58 Å². The van der Waals surface area contributed by atoms with Crippen molar-refractivity contribution in [2.75, 3.05) is 26.3 Å². The number of para-hydroxylation sites is 1. The smallest absolute Gasteiger partial charge is 0.261 e. The molecule has 8 nitrogen and oxygen atoms in total. The minimum Gasteiger partial charge on any atom is -0.488 e. The molecule has 1 aromatic carbocycles. The SMILES string of the molecule is Cc1c(CN2CCC(Oc3ccccc3-c3nc(C4CCOCC4)no3)C2)cnn1C. The summed E-state index contributed by atoms with van der Waals surface area (Å²) in [6.07, 6.45) is 4.96. The third-order valence-electron chi connectivity index (χ3n) is 6.40. The van der Waals surface area contributed by atoms with Crippen LogP contribution >= 0.6 is 0 Å². The monoisotopic (exact) mass is 423 g/mol. The number of likely N-dealkylation sites (tertiary alicyclic amines) is 1. The fourth-order valence-electron chi connectivity index (χ4n) is 4.37. The molecule has 2 aliphatic heterocycles. The van der Waals surface area contributed by atoms with Crippen LogP contribution in [0.2, 0.25) is 0 Å². The van der Waals surface area contributed by atoms with Crippen LogP contribution in [0, 0.1) is 6.92 Å². The first-order valence-corrected chi connectivity index (χ1v) is 11.0. The summed E-state index contributed by atoms with van der Waals surface area (Å²) in [5.41, 5.74) is 3.34. The lowest BCUT2D eigenvalue weighted by Gasteiger charge is -2.18. The van der Waals surface area contributed by atoms with Gasteiger partial charge in [-0.1, -0.05) is 17.3 Å². The zero-order valence-corrected chi connectivity index (χ0v) is 18.2. The summed E-state index contributed by atoms with van der Waals surface area (Å²) >= 11 is 0. The molecule has 0 amide bonds. The second kappa shape index (κ2) is 8.80. The lowest BCUT2D eigenvalue weighted by Crippen LogP contribution is -2.24. The molecule has 0 saturated carbocycles. The van der Waals surface area contributed by atoms with Gasteiger partial charge in [0.15, 0.2) is 5.82 Å². The molecular formula is C23H29N5O3. The molecule has 31 heavy (non-hydrogen) atoms. The van der Waals surface area contributed by atoms with E-state index in [9.17, 15) is 0 Å². The van der Waals surface area contributed by atoms with Crippen molar-refractivity contribution in [1.82, 2.24) is 24.8 Å². The quantitative estimate of drug-likeness (QED) is 0.602. The van der Waals surface area contributed by atoms with Crippen LogP contribution in [0.25, 0.3) is 11.5 Å². The van der Waals surface area contributed by atoms with Crippen LogP contribution < -0.4 is 4.74 Å². The summed E-state index contributed by atoms with van der Waals surface area (Å²) in [5.74, 6) is 2.40. The Hall–Kier alpha value is -2.71. The van der Waals surface area contributed by atoms with E-state index in [1.54, 1.807) is 0 Å². The van der Waals surface area contributed by atoms with Crippen molar-refractivity contribution in [1.29, 1.82) is 0 Å². The van der Waals surface area contributed by atoms with Crippen LogP contribution in [0.4, 0.5) is 0 Å². The summed E-state index contributed by atoms with van der Waals surface area (Å²) in [7, 11) is 1.98. The maximum absolute atomic E-state index is 6.41. The highest BCUT2D eigenvalue weighted by Crippen LogP contribution is 2.33. The van der Waals surface area contributed by atoms with Gasteiger partial charge >= 0.3 is 0 Å². The van der Waals surface area contributed by atoms with Crippen LogP contribution in [0.3, 0.4) is 0 Å². The molecule has 0 spiro atoms. The van der Waals surface area contributed by atoms with Crippen molar-refractivity contribution in [2.45, 2.75) is 44.8 Å². The van der Waals surface area contributed by atoms with E-state index in [2.05, 4.69) is 27.1 Å². The van der Waals surface area contributed by atoms with Crippen molar-refractivity contribution in [2.24, 2.45) is 7.05 Å². The standard InChI is InChI=1S/C23H29N5O3/c1-16-18(13-24-27(16)2)14-28-10-7-19(15-28)30-21-6-4-3-5-20(21)23-25-22(26-31-23)17-8-11-29-12-9-17/h3-6,13,17,19H,7-12,14-15H2,1-2H3. The average Bonchev–Trinajstić information content (AvgIpc) is 3.53. The fourth-order valence-corrected chi connectivity index (χ4v) is 4.37. The Morgan fingerprint density at radius 3 is 2.81 bits per heavy atom. The fraction of sp³-hybridized carbons (Fsp3) is 0.522. The van der Waals surface area contributed by atoms with Gasteiger partial charge < -0.3 is 14.0 Å². The number of benzene rings is 1. The van der Waals surface area contributed by atoms with Gasteiger partial charge in [0.25, 0.3) is 5.89 Å². The van der Waals surface area contributed by atoms with E-state index in [1.807, 2.05) is 42.2 Å². The molecule has 1 unspecified atom stereocenters. The van der Waals surface area contributed by atoms with Gasteiger partial charge in [0.2, 0.25) is 0 Å². The van der Waals surface area contributed by atoms with Gasteiger partial charge in [0, 0.05) is 57.1 Å². The first-order chi connectivity index (χ1) is 15.2. The van der Waals surface area contributed by atoms with E-state index < -0.39 is 0 Å². The molecule has 0 aliphatic carbocycles. The van der Waals surface area contributed by atoms with Gasteiger partial charge in [-0.05, 0) is 38.3 Å². The van der Waals surface area contributed by atoms with E-state index in [1.165, 1.54) is 11.3 Å². The Labute approximate surface area is 182 Å². The summed E-state index contributed by atoms with van der Waals surface area (Å²) in [6.45, 7) is 6.42. The van der Waals surface area contributed by atoms with Gasteiger partial charge in [0.05, 0.1) is 11.8 Å². The largest absolute Gasteiger partial charge is 0.488 e. The normalized spacial score (nSPS) is 20.4. The van der Waals surface area contributed by atoms with Crippen molar-refractivity contribution in [3.05, 3.63) is 47.5 Å². The zero-order chi connectivity index (χ0) is 21.2. The Kier molecular flexibility index (Phi) is 5.74. The Morgan fingerprint density at radius 1 is 1.16 bits per heavy atom. The van der Waals surface area contributed by atoms with Gasteiger partial charge in [0.1, 0.15) is 11.9 Å². The number of aromatic nitrogens is 4. The maximum Gasteiger partial charge on any atom is 0.261 e. The molecule has 8 heteroatoms. The minimum atomic E-state index is 0.135. The Balaban J connectivity index is 1.26. The molecule has 2 aromatic heterocycles. The number of hydrogen-bond acceptors (Lipinski definition) is 7. The lowest BCUT2D eigenvalue weighted by molar-refractivity contribution is 0.0830. The number of rotatable bonds is 6. The zero-order valence-electron chi connectivity index (χ0n) is 18.2. The Morgan fingerprint density at radius 2 is 2.00 bits per heavy atom. The molecule has 3 aromatic rings. The molecule has 4 heterocycles. The average molecular weight is 424 g/mol. The topological polar surface area (TPSA) is 78.4 Å². The molecule has 0 radical (unpaired) electrons. The predicted octanol–water partition coefficient (Wildman–Crippen LogP) is 3.33. The number of ether oxygens (including phenoxy) is 2. The first kappa shape index (κ1) is 20.2. The third kappa shape index (κ3) is 4.36. The maximum atomic E-state index is 6.41. The predicted molar refractivity (Wildman–Crippen MR) is 115 cm³/mol. The summed E-state index contributed by atoms with van der Waals surface area (Å²) in [6, 6.07) is 7.94. The summed E-state index contributed by atoms with van der Waals surface area (Å²) in [5, 5.41) is 8.60. The van der Waals surface area contributed by atoms with Crippen molar-refractivity contribution < 1.29 is 14.0 Å². The van der Waals surface area contributed by atoms with Crippen LogP contribution in [-0.4, -0.2) is 57.2 Å². The van der Waals surface area contributed by atoms with Gasteiger partial charge in [-0.15, -0.1) is 0 Å². The van der Waals surface area contributed by atoms with E-state index in [0.29, 0.717) is 11.8 Å². The van der Waals surface area contributed by atoms with E-state index in [4.69, 9.17) is 14.0 Å². The molecule has 5 rings (SSSR count). The highest BCUT2D eigenvalue weighted by molar-refractivity contribution is 5.62. The molecule has 0 N–H and O–H groups in total. The second-order valence-electron chi connectivity index (χ2n) is 8.48. The number of hydrogen-bond donors (Lipinski definition) is 0. The summed E-state index contributed by atoms with van der Waals surface area (Å²) < 4.78 is 19.4. The first-order valence-electron chi connectivity index (χ1n) is 11.0. The molecular weight excluding hydrogens is 394 g/mol. The van der Waals surface area contributed by atoms with Crippen LogP contribution in [-0.2, 0) is 18.3 Å². The van der Waals surface area contributed by atoms with E-state index in [-0.39, 0.29) is 6.10 Å². The van der Waals surface area contributed by atoms with Crippen molar-refractivity contribution in [3.63, 3.8) is 0 Å². The van der Waals surface area contributed by atoms with Crippen LogP contribution in [0.1, 0.15) is 42.3 Å². The minimum absolute atomic E-state index is 0.135. The van der Waals surface area contributed by atoms with Crippen LogP contribution in [0.15, 0.2) is 35.0 Å². The van der Waals surface area contributed by atoms with E-state index >= 15 is 0 Å². The number of aryl methyl sites for hydroxylation is 1. The van der Waals surface area contributed by atoms with Gasteiger partial charge in [-0.2, -0.15) is 10.1 Å². The highest BCUT2D eigenvalue weighted by Gasteiger charge is 2.27. The molecule has 2 fully saturated rings. The number of nitrogens with zero attached hydrogens (tertiary/aromatic N) is 5. The van der Waals surface area contributed by atoms with Gasteiger partial charge in [-0.25, -0.2) is 0 Å². The Bertz CT molecular complexity index is 1020. The molecule has 0 bridgehead atoms. The van der Waals surface area contributed by atoms with E-state index in [0.717, 1.165) is 69.2 Å².